The summed E-state index contributed by atoms with van der Waals surface area (Å²) in [7, 11) is 0. The normalized spacial score (nSPS) is 18.3. The Bertz CT molecular complexity index is 1030. The lowest BCUT2D eigenvalue weighted by Crippen LogP contribution is -2.37. The fourth-order valence-electron chi connectivity index (χ4n) is 3.86. The molecule has 0 amide bonds. The number of nitrogens with zero attached hydrogens (tertiary/aromatic N) is 6. The van der Waals surface area contributed by atoms with Gasteiger partial charge in [0.15, 0.2) is 0 Å². The van der Waals surface area contributed by atoms with Crippen LogP contribution < -0.4 is 5.56 Å². The molecule has 1 aliphatic heterocycles. The van der Waals surface area contributed by atoms with Gasteiger partial charge >= 0.3 is 0 Å². The number of rotatable bonds is 4. The van der Waals surface area contributed by atoms with Crippen LogP contribution in [-0.2, 0) is 13.1 Å². The van der Waals surface area contributed by atoms with Crippen molar-refractivity contribution in [2.24, 2.45) is 5.92 Å². The Morgan fingerprint density at radius 2 is 2.11 bits per heavy atom. The maximum Gasteiger partial charge on any atom is 0.258 e. The van der Waals surface area contributed by atoms with Crippen molar-refractivity contribution in [3.63, 3.8) is 0 Å². The predicted molar refractivity (Wildman–Crippen MR) is 104 cm³/mol. The fourth-order valence-corrected chi connectivity index (χ4v) is 4.02. The van der Waals surface area contributed by atoms with E-state index in [0.717, 1.165) is 43.4 Å². The number of pyridine rings is 1. The van der Waals surface area contributed by atoms with Crippen molar-refractivity contribution in [3.05, 3.63) is 57.1 Å². The van der Waals surface area contributed by atoms with Gasteiger partial charge in [0, 0.05) is 31.9 Å². The van der Waals surface area contributed by atoms with Crippen molar-refractivity contribution in [2.45, 2.75) is 39.8 Å². The van der Waals surface area contributed by atoms with Gasteiger partial charge in [0.2, 0.25) is 0 Å². The van der Waals surface area contributed by atoms with Gasteiger partial charge in [-0.25, -0.2) is 14.6 Å². The highest BCUT2D eigenvalue weighted by Crippen LogP contribution is 2.20. The molecule has 0 saturated carbocycles. The van der Waals surface area contributed by atoms with E-state index in [0.29, 0.717) is 23.1 Å². The summed E-state index contributed by atoms with van der Waals surface area (Å²) >= 11 is 5.97. The van der Waals surface area contributed by atoms with E-state index in [1.165, 1.54) is 10.8 Å². The predicted octanol–water partition coefficient (Wildman–Crippen LogP) is 2.47. The summed E-state index contributed by atoms with van der Waals surface area (Å²) in [5.41, 5.74) is 1.33. The molecule has 0 bridgehead atoms. The number of aryl methyl sites for hydroxylation is 2. The minimum absolute atomic E-state index is 0.0974. The van der Waals surface area contributed by atoms with Crippen LogP contribution in [0.5, 0.6) is 0 Å². The number of fused-ring (bicyclic) bond motifs is 1. The van der Waals surface area contributed by atoms with E-state index in [1.54, 1.807) is 24.4 Å². The van der Waals surface area contributed by atoms with E-state index in [9.17, 15) is 4.79 Å². The second kappa shape index (κ2) is 7.40. The van der Waals surface area contributed by atoms with Crippen LogP contribution in [0.15, 0.2) is 29.2 Å². The zero-order chi connectivity index (χ0) is 19.0. The number of hydrogen-bond acceptors (Lipinski definition) is 5. The van der Waals surface area contributed by atoms with E-state index in [2.05, 4.69) is 20.0 Å². The highest BCUT2D eigenvalue weighted by atomic mass is 35.5. The summed E-state index contributed by atoms with van der Waals surface area (Å²) in [6.45, 7) is 7.48. The standard InChI is InChI=1S/C19H23ClN6O/c1-13-21-14(2)26(23-13)10-15-4-3-7-24(9-15)12-17-8-19(27)25-11-16(20)5-6-18(25)22-17/h5-6,8,11,15H,3-4,7,9-10,12H2,1-2H3. The molecule has 1 aliphatic rings. The zero-order valence-corrected chi connectivity index (χ0v) is 16.4. The lowest BCUT2D eigenvalue weighted by Gasteiger charge is -2.32. The topological polar surface area (TPSA) is 68.3 Å². The van der Waals surface area contributed by atoms with Crippen LogP contribution in [0.4, 0.5) is 0 Å². The van der Waals surface area contributed by atoms with Crippen molar-refractivity contribution < 1.29 is 0 Å². The van der Waals surface area contributed by atoms with Crippen molar-refractivity contribution in [2.75, 3.05) is 13.1 Å². The Balaban J connectivity index is 1.47. The molecule has 8 heteroatoms. The molecular weight excluding hydrogens is 364 g/mol. The third-order valence-electron chi connectivity index (χ3n) is 5.06. The highest BCUT2D eigenvalue weighted by Gasteiger charge is 2.22. The summed E-state index contributed by atoms with van der Waals surface area (Å²) < 4.78 is 3.49. The highest BCUT2D eigenvalue weighted by molar-refractivity contribution is 6.30. The molecule has 1 saturated heterocycles. The first-order valence-electron chi connectivity index (χ1n) is 9.26. The van der Waals surface area contributed by atoms with Gasteiger partial charge in [0.05, 0.1) is 10.7 Å². The van der Waals surface area contributed by atoms with Crippen molar-refractivity contribution in [1.82, 2.24) is 29.0 Å². The maximum absolute atomic E-state index is 12.4. The largest absolute Gasteiger partial charge is 0.297 e. The van der Waals surface area contributed by atoms with Gasteiger partial charge in [-0.1, -0.05) is 11.6 Å². The van der Waals surface area contributed by atoms with Gasteiger partial charge in [-0.3, -0.25) is 14.1 Å². The van der Waals surface area contributed by atoms with Crippen LogP contribution in [0.25, 0.3) is 5.65 Å². The van der Waals surface area contributed by atoms with Crippen molar-refractivity contribution in [1.29, 1.82) is 0 Å². The summed E-state index contributed by atoms with van der Waals surface area (Å²) in [6.07, 6.45) is 3.93. The van der Waals surface area contributed by atoms with E-state index < -0.39 is 0 Å². The zero-order valence-electron chi connectivity index (χ0n) is 15.6. The SMILES string of the molecule is Cc1nc(C)n(CC2CCCN(Cc3cc(=O)n4cc(Cl)ccc4n3)C2)n1. The molecule has 0 aromatic carbocycles. The summed E-state index contributed by atoms with van der Waals surface area (Å²) in [5.74, 6) is 2.31. The van der Waals surface area contributed by atoms with Gasteiger partial charge in [0.25, 0.3) is 5.56 Å². The fraction of sp³-hybridized carbons (Fsp3) is 0.474. The molecule has 0 aliphatic carbocycles. The van der Waals surface area contributed by atoms with Crippen LogP contribution in [-0.4, -0.2) is 42.1 Å². The van der Waals surface area contributed by atoms with Crippen molar-refractivity contribution >= 4 is 17.2 Å². The quantitative estimate of drug-likeness (QED) is 0.689. The Morgan fingerprint density at radius 1 is 1.26 bits per heavy atom. The molecule has 3 aromatic rings. The molecule has 1 atom stereocenters. The van der Waals surface area contributed by atoms with E-state index in [-0.39, 0.29) is 5.56 Å². The Hall–Kier alpha value is -2.25. The molecule has 0 N–H and O–H groups in total. The summed E-state index contributed by atoms with van der Waals surface area (Å²) in [6, 6.07) is 5.15. The molecule has 27 heavy (non-hydrogen) atoms. The minimum Gasteiger partial charge on any atom is -0.297 e. The number of aromatic nitrogens is 5. The van der Waals surface area contributed by atoms with Gasteiger partial charge < -0.3 is 0 Å². The number of hydrogen-bond donors (Lipinski definition) is 0. The van der Waals surface area contributed by atoms with E-state index in [4.69, 9.17) is 11.6 Å². The first-order chi connectivity index (χ1) is 13.0. The average Bonchev–Trinajstić information content (AvgIpc) is 2.93. The van der Waals surface area contributed by atoms with Crippen LogP contribution in [0.1, 0.15) is 30.2 Å². The Morgan fingerprint density at radius 3 is 2.89 bits per heavy atom. The van der Waals surface area contributed by atoms with Gasteiger partial charge in [-0.15, -0.1) is 0 Å². The molecule has 4 rings (SSSR count). The number of likely N-dealkylation sites (tertiary alicyclic amines) is 1. The van der Waals surface area contributed by atoms with E-state index >= 15 is 0 Å². The first kappa shape index (κ1) is 18.1. The second-order valence-corrected chi connectivity index (χ2v) is 7.73. The summed E-state index contributed by atoms with van der Waals surface area (Å²) in [4.78, 5) is 23.8. The summed E-state index contributed by atoms with van der Waals surface area (Å²) in [5, 5.41) is 5.01. The lowest BCUT2D eigenvalue weighted by atomic mass is 9.98. The third kappa shape index (κ3) is 4.04. The van der Waals surface area contributed by atoms with Gasteiger partial charge in [-0.2, -0.15) is 5.10 Å². The monoisotopic (exact) mass is 386 g/mol. The molecule has 0 radical (unpaired) electrons. The Labute approximate surface area is 162 Å². The molecule has 0 spiro atoms. The maximum atomic E-state index is 12.4. The first-order valence-corrected chi connectivity index (χ1v) is 9.64. The third-order valence-corrected chi connectivity index (χ3v) is 5.28. The van der Waals surface area contributed by atoms with Crippen LogP contribution in [0.2, 0.25) is 5.02 Å². The lowest BCUT2D eigenvalue weighted by molar-refractivity contribution is 0.151. The number of halogens is 1. The van der Waals surface area contributed by atoms with Crippen LogP contribution >= 0.6 is 11.6 Å². The molecule has 142 valence electrons. The van der Waals surface area contributed by atoms with Crippen LogP contribution in [0.3, 0.4) is 0 Å². The number of piperidine rings is 1. The van der Waals surface area contributed by atoms with Gasteiger partial charge in [0.1, 0.15) is 17.3 Å². The molecule has 4 heterocycles. The molecule has 1 fully saturated rings. The Kier molecular flexibility index (Phi) is 4.97. The van der Waals surface area contributed by atoms with Crippen molar-refractivity contribution in [3.8, 4) is 0 Å². The average molecular weight is 387 g/mol. The molecule has 3 aromatic heterocycles. The second-order valence-electron chi connectivity index (χ2n) is 7.29. The minimum atomic E-state index is -0.0974. The van der Waals surface area contributed by atoms with Gasteiger partial charge in [-0.05, 0) is 51.3 Å². The molecular formula is C19H23ClN6O. The molecule has 1 unspecified atom stereocenters. The smallest absolute Gasteiger partial charge is 0.258 e. The molecule has 7 nitrogen and oxygen atoms in total. The van der Waals surface area contributed by atoms with E-state index in [1.807, 2.05) is 18.5 Å². The van der Waals surface area contributed by atoms with Crippen LogP contribution in [0, 0.1) is 19.8 Å².